The number of benzene rings is 1. The predicted molar refractivity (Wildman–Crippen MR) is 79.2 cm³/mol. The molecular formula is C16H26N2O. The van der Waals surface area contributed by atoms with Crippen LogP contribution in [0.25, 0.3) is 0 Å². The van der Waals surface area contributed by atoms with E-state index in [9.17, 15) is 0 Å². The highest BCUT2D eigenvalue weighted by Crippen LogP contribution is 2.30. The second-order valence-corrected chi connectivity index (χ2v) is 5.84. The zero-order valence-corrected chi connectivity index (χ0v) is 12.2. The number of nitrogens with zero attached hydrogens (tertiary/aromatic N) is 1. The number of nitrogens with one attached hydrogen (secondary N) is 1. The van der Waals surface area contributed by atoms with Crippen LogP contribution in [0.5, 0.6) is 0 Å². The fourth-order valence-corrected chi connectivity index (χ4v) is 3.13. The van der Waals surface area contributed by atoms with Crippen molar-refractivity contribution >= 4 is 0 Å². The van der Waals surface area contributed by atoms with E-state index in [0.717, 1.165) is 32.8 Å². The summed E-state index contributed by atoms with van der Waals surface area (Å²) in [6.45, 7) is 5.22. The standard InChI is InChI=1S/C16H26N2O/c1-18(12-15-6-4-3-5-7-15)13-16(14-19-2)8-10-17-11-9-16/h3-7,17H,8-14H2,1-2H3. The van der Waals surface area contributed by atoms with Gasteiger partial charge in [-0.15, -0.1) is 0 Å². The van der Waals surface area contributed by atoms with Crippen molar-refractivity contribution in [1.82, 2.24) is 10.2 Å². The summed E-state index contributed by atoms with van der Waals surface area (Å²) in [5.74, 6) is 0. The molecule has 1 aromatic rings. The maximum atomic E-state index is 5.48. The normalized spacial score (nSPS) is 18.7. The second-order valence-electron chi connectivity index (χ2n) is 5.84. The molecule has 0 amide bonds. The highest BCUT2D eigenvalue weighted by molar-refractivity contribution is 5.14. The molecule has 1 aliphatic heterocycles. The molecule has 1 aromatic carbocycles. The Morgan fingerprint density at radius 3 is 2.53 bits per heavy atom. The van der Waals surface area contributed by atoms with Crippen molar-refractivity contribution in [2.75, 3.05) is 40.4 Å². The van der Waals surface area contributed by atoms with E-state index >= 15 is 0 Å². The maximum absolute atomic E-state index is 5.48. The van der Waals surface area contributed by atoms with E-state index in [1.807, 2.05) is 7.11 Å². The molecular weight excluding hydrogens is 236 g/mol. The molecule has 0 radical (unpaired) electrons. The smallest absolute Gasteiger partial charge is 0.0531 e. The van der Waals surface area contributed by atoms with Gasteiger partial charge in [-0.1, -0.05) is 30.3 Å². The second kappa shape index (κ2) is 7.04. The highest BCUT2D eigenvalue weighted by atomic mass is 16.5. The van der Waals surface area contributed by atoms with Gasteiger partial charge in [0.05, 0.1) is 6.61 Å². The lowest BCUT2D eigenvalue weighted by molar-refractivity contribution is 0.0269. The molecule has 1 heterocycles. The first kappa shape index (κ1) is 14.5. The number of hydrogen-bond acceptors (Lipinski definition) is 3. The van der Waals surface area contributed by atoms with E-state index in [2.05, 4.69) is 47.6 Å². The summed E-state index contributed by atoms with van der Waals surface area (Å²) in [7, 11) is 4.04. The van der Waals surface area contributed by atoms with Gasteiger partial charge in [0, 0.05) is 25.6 Å². The Balaban J connectivity index is 1.93. The van der Waals surface area contributed by atoms with Crippen LogP contribution >= 0.6 is 0 Å². The van der Waals surface area contributed by atoms with E-state index in [1.54, 1.807) is 0 Å². The Hall–Kier alpha value is -0.900. The van der Waals surface area contributed by atoms with E-state index < -0.39 is 0 Å². The molecule has 1 fully saturated rings. The van der Waals surface area contributed by atoms with Gasteiger partial charge in [-0.05, 0) is 38.5 Å². The van der Waals surface area contributed by atoms with Crippen LogP contribution in [0, 0.1) is 5.41 Å². The molecule has 0 saturated carbocycles. The number of methoxy groups -OCH3 is 1. The van der Waals surface area contributed by atoms with Gasteiger partial charge >= 0.3 is 0 Å². The van der Waals surface area contributed by atoms with Gasteiger partial charge in [0.15, 0.2) is 0 Å². The molecule has 0 atom stereocenters. The minimum atomic E-state index is 0.323. The average Bonchev–Trinajstić information content (AvgIpc) is 2.40. The van der Waals surface area contributed by atoms with E-state index in [-0.39, 0.29) is 0 Å². The lowest BCUT2D eigenvalue weighted by Gasteiger charge is -2.40. The summed E-state index contributed by atoms with van der Waals surface area (Å²) in [6.07, 6.45) is 2.42. The summed E-state index contributed by atoms with van der Waals surface area (Å²) < 4.78 is 5.48. The van der Waals surface area contributed by atoms with Gasteiger partial charge in [0.2, 0.25) is 0 Å². The minimum Gasteiger partial charge on any atom is -0.384 e. The van der Waals surface area contributed by atoms with Crippen molar-refractivity contribution < 1.29 is 4.74 Å². The minimum absolute atomic E-state index is 0.323. The van der Waals surface area contributed by atoms with Crippen molar-refractivity contribution in [3.8, 4) is 0 Å². The van der Waals surface area contributed by atoms with Crippen LogP contribution in [0.3, 0.4) is 0 Å². The zero-order valence-electron chi connectivity index (χ0n) is 12.2. The van der Waals surface area contributed by atoms with E-state index in [4.69, 9.17) is 4.74 Å². The molecule has 0 aliphatic carbocycles. The fourth-order valence-electron chi connectivity index (χ4n) is 3.13. The molecule has 19 heavy (non-hydrogen) atoms. The van der Waals surface area contributed by atoms with E-state index in [0.29, 0.717) is 5.41 Å². The molecule has 106 valence electrons. The summed E-state index contributed by atoms with van der Waals surface area (Å²) in [4.78, 5) is 2.43. The molecule has 3 heteroatoms. The molecule has 3 nitrogen and oxygen atoms in total. The van der Waals surface area contributed by atoms with Crippen LogP contribution in [0.4, 0.5) is 0 Å². The Morgan fingerprint density at radius 1 is 1.21 bits per heavy atom. The third-order valence-corrected chi connectivity index (χ3v) is 4.02. The zero-order chi connectivity index (χ0) is 13.6. The average molecular weight is 262 g/mol. The van der Waals surface area contributed by atoms with Crippen LogP contribution in [-0.2, 0) is 11.3 Å². The quantitative estimate of drug-likeness (QED) is 0.850. The Bertz CT molecular complexity index is 355. The third kappa shape index (κ3) is 4.30. The van der Waals surface area contributed by atoms with Gasteiger partial charge in [0.1, 0.15) is 0 Å². The van der Waals surface area contributed by atoms with Gasteiger partial charge < -0.3 is 15.0 Å². The molecule has 0 unspecified atom stereocenters. The first-order valence-corrected chi connectivity index (χ1v) is 7.16. The first-order valence-electron chi connectivity index (χ1n) is 7.16. The molecule has 0 aromatic heterocycles. The van der Waals surface area contributed by atoms with Gasteiger partial charge in [-0.2, -0.15) is 0 Å². The monoisotopic (exact) mass is 262 g/mol. The van der Waals surface area contributed by atoms with Crippen LogP contribution in [-0.4, -0.2) is 45.3 Å². The number of rotatable bonds is 6. The molecule has 0 spiro atoms. The largest absolute Gasteiger partial charge is 0.384 e. The van der Waals surface area contributed by atoms with Crippen molar-refractivity contribution in [1.29, 1.82) is 0 Å². The lowest BCUT2D eigenvalue weighted by Crippen LogP contribution is -2.46. The van der Waals surface area contributed by atoms with E-state index in [1.165, 1.54) is 18.4 Å². The van der Waals surface area contributed by atoms with Crippen molar-refractivity contribution in [3.05, 3.63) is 35.9 Å². The van der Waals surface area contributed by atoms with Crippen LogP contribution in [0.1, 0.15) is 18.4 Å². The van der Waals surface area contributed by atoms with Crippen molar-refractivity contribution in [2.45, 2.75) is 19.4 Å². The summed E-state index contributed by atoms with van der Waals surface area (Å²) in [5.41, 5.74) is 1.70. The first-order chi connectivity index (χ1) is 9.24. The van der Waals surface area contributed by atoms with Crippen molar-refractivity contribution in [3.63, 3.8) is 0 Å². The van der Waals surface area contributed by atoms with Crippen LogP contribution in [0.15, 0.2) is 30.3 Å². The third-order valence-electron chi connectivity index (χ3n) is 4.02. The molecule has 2 rings (SSSR count). The molecule has 0 bridgehead atoms. The lowest BCUT2D eigenvalue weighted by atomic mass is 9.79. The maximum Gasteiger partial charge on any atom is 0.0531 e. The number of piperidine rings is 1. The fraction of sp³-hybridized carbons (Fsp3) is 0.625. The number of ether oxygens (including phenoxy) is 1. The summed E-state index contributed by atoms with van der Waals surface area (Å²) in [6, 6.07) is 10.7. The summed E-state index contributed by atoms with van der Waals surface area (Å²) in [5, 5.41) is 3.45. The van der Waals surface area contributed by atoms with Crippen LogP contribution in [0.2, 0.25) is 0 Å². The predicted octanol–water partition coefficient (Wildman–Crippen LogP) is 2.13. The molecule has 1 aliphatic rings. The summed E-state index contributed by atoms with van der Waals surface area (Å²) >= 11 is 0. The molecule has 1 N–H and O–H groups in total. The Labute approximate surface area is 116 Å². The van der Waals surface area contributed by atoms with Crippen LogP contribution < -0.4 is 5.32 Å². The SMILES string of the molecule is COCC1(CN(C)Cc2ccccc2)CCNCC1. The van der Waals surface area contributed by atoms with Gasteiger partial charge in [-0.3, -0.25) is 0 Å². The topological polar surface area (TPSA) is 24.5 Å². The van der Waals surface area contributed by atoms with Gasteiger partial charge in [-0.25, -0.2) is 0 Å². The van der Waals surface area contributed by atoms with Gasteiger partial charge in [0.25, 0.3) is 0 Å². The molecule has 1 saturated heterocycles. The number of hydrogen-bond donors (Lipinski definition) is 1. The Morgan fingerprint density at radius 2 is 1.89 bits per heavy atom. The highest BCUT2D eigenvalue weighted by Gasteiger charge is 2.33. The van der Waals surface area contributed by atoms with Crippen molar-refractivity contribution in [2.24, 2.45) is 5.41 Å². The Kier molecular flexibility index (Phi) is 5.37.